The van der Waals surface area contributed by atoms with Crippen LogP contribution >= 0.6 is 0 Å². The molecule has 130 valence electrons. The van der Waals surface area contributed by atoms with Gasteiger partial charge in [-0.3, -0.25) is 14.7 Å². The summed E-state index contributed by atoms with van der Waals surface area (Å²) in [5.74, 6) is 1.40. The van der Waals surface area contributed by atoms with Gasteiger partial charge in [0, 0.05) is 37.3 Å². The molecule has 6 heteroatoms. The van der Waals surface area contributed by atoms with E-state index >= 15 is 0 Å². The molecule has 2 amide bonds. The first-order valence-electron chi connectivity index (χ1n) is 8.94. The molecule has 4 rings (SSSR count). The van der Waals surface area contributed by atoms with Gasteiger partial charge < -0.3 is 9.80 Å². The van der Waals surface area contributed by atoms with Gasteiger partial charge in [-0.25, -0.2) is 0 Å². The average molecular weight is 330 g/mol. The summed E-state index contributed by atoms with van der Waals surface area (Å²) in [7, 11) is 1.93. The molecule has 2 heterocycles. The summed E-state index contributed by atoms with van der Waals surface area (Å²) in [6.45, 7) is 7.67. The van der Waals surface area contributed by atoms with E-state index in [-0.39, 0.29) is 23.3 Å². The molecule has 2 unspecified atom stereocenters. The summed E-state index contributed by atoms with van der Waals surface area (Å²) in [6.07, 6.45) is 2.22. The van der Waals surface area contributed by atoms with Crippen molar-refractivity contribution < 1.29 is 9.59 Å². The normalized spacial score (nSPS) is 29.5. The number of nitrogens with zero attached hydrogens (tertiary/aromatic N) is 3. The standard InChI is InChI=1S/C18H26N4O2/c1-10(2)13-7-14(20-19-13)16(23)22-8-11-12(9-22)15(11)17(24)21(4)18(3)5-6-18/h7,10-12,15H,5-6,8-9H2,1-4H3,(H,19,20). The second-order valence-corrected chi connectivity index (χ2v) is 8.32. The van der Waals surface area contributed by atoms with E-state index in [9.17, 15) is 9.59 Å². The fourth-order valence-electron chi connectivity index (χ4n) is 3.97. The summed E-state index contributed by atoms with van der Waals surface area (Å²) in [5.41, 5.74) is 1.56. The average Bonchev–Trinajstić information content (AvgIpc) is 3.29. The maximum atomic E-state index is 12.6. The summed E-state index contributed by atoms with van der Waals surface area (Å²) in [5, 5.41) is 7.09. The van der Waals surface area contributed by atoms with Crippen LogP contribution in [0.1, 0.15) is 55.7 Å². The van der Waals surface area contributed by atoms with Gasteiger partial charge in [0.25, 0.3) is 5.91 Å². The fourth-order valence-corrected chi connectivity index (χ4v) is 3.97. The number of fused-ring (bicyclic) bond motifs is 1. The van der Waals surface area contributed by atoms with Crippen LogP contribution in [0.2, 0.25) is 0 Å². The van der Waals surface area contributed by atoms with E-state index < -0.39 is 0 Å². The van der Waals surface area contributed by atoms with Gasteiger partial charge in [-0.05, 0) is 43.6 Å². The summed E-state index contributed by atoms with van der Waals surface area (Å²) in [4.78, 5) is 29.0. The van der Waals surface area contributed by atoms with Crippen molar-refractivity contribution in [2.45, 2.75) is 45.1 Å². The third-order valence-electron chi connectivity index (χ3n) is 6.32. The number of carbonyl (C=O) groups excluding carboxylic acids is 2. The van der Waals surface area contributed by atoms with E-state index in [0.717, 1.165) is 18.5 Å². The van der Waals surface area contributed by atoms with E-state index in [4.69, 9.17) is 0 Å². The molecule has 1 aromatic rings. The van der Waals surface area contributed by atoms with Crippen LogP contribution in [0.3, 0.4) is 0 Å². The fraction of sp³-hybridized carbons (Fsp3) is 0.722. The Labute approximate surface area is 142 Å². The SMILES string of the molecule is CC(C)c1cc(C(=O)N2CC3C(C2)C3C(=O)N(C)C2(C)CC2)n[nH]1. The smallest absolute Gasteiger partial charge is 0.274 e. The Morgan fingerprint density at radius 3 is 2.46 bits per heavy atom. The number of amides is 2. The Kier molecular flexibility index (Phi) is 3.31. The Balaban J connectivity index is 1.36. The zero-order chi connectivity index (χ0) is 17.2. The minimum atomic E-state index is -0.0148. The first-order valence-corrected chi connectivity index (χ1v) is 8.94. The molecule has 0 radical (unpaired) electrons. The zero-order valence-electron chi connectivity index (χ0n) is 14.9. The highest BCUT2D eigenvalue weighted by Crippen LogP contribution is 2.54. The maximum absolute atomic E-state index is 12.6. The second kappa shape index (κ2) is 5.07. The number of H-pyrrole nitrogens is 1. The minimum Gasteiger partial charge on any atom is -0.340 e. The van der Waals surface area contributed by atoms with Crippen molar-refractivity contribution in [2.75, 3.05) is 20.1 Å². The van der Waals surface area contributed by atoms with Gasteiger partial charge in [-0.1, -0.05) is 13.8 Å². The summed E-state index contributed by atoms with van der Waals surface area (Å²) < 4.78 is 0. The number of aromatic amines is 1. The molecule has 0 spiro atoms. The van der Waals surface area contributed by atoms with E-state index in [0.29, 0.717) is 36.5 Å². The van der Waals surface area contributed by atoms with Gasteiger partial charge in [0.05, 0.1) is 0 Å². The van der Waals surface area contributed by atoms with Crippen molar-refractivity contribution in [3.8, 4) is 0 Å². The van der Waals surface area contributed by atoms with Crippen molar-refractivity contribution >= 4 is 11.8 Å². The van der Waals surface area contributed by atoms with Crippen molar-refractivity contribution in [3.63, 3.8) is 0 Å². The van der Waals surface area contributed by atoms with Gasteiger partial charge in [0.1, 0.15) is 5.69 Å². The molecule has 2 aliphatic carbocycles. The highest BCUT2D eigenvalue weighted by atomic mass is 16.2. The molecule has 1 saturated heterocycles. The number of aromatic nitrogens is 2. The molecule has 6 nitrogen and oxygen atoms in total. The van der Waals surface area contributed by atoms with Gasteiger partial charge in [0.15, 0.2) is 0 Å². The van der Waals surface area contributed by atoms with Crippen LogP contribution in [0.4, 0.5) is 0 Å². The van der Waals surface area contributed by atoms with Crippen LogP contribution in [0, 0.1) is 17.8 Å². The molecule has 0 aromatic carbocycles. The van der Waals surface area contributed by atoms with Crippen LogP contribution in [-0.4, -0.2) is 57.5 Å². The van der Waals surface area contributed by atoms with E-state index in [1.54, 1.807) is 0 Å². The van der Waals surface area contributed by atoms with Crippen molar-refractivity contribution in [2.24, 2.45) is 17.8 Å². The molecule has 3 aliphatic rings. The highest BCUT2D eigenvalue weighted by molar-refractivity contribution is 5.93. The minimum absolute atomic E-state index is 0.0148. The zero-order valence-corrected chi connectivity index (χ0v) is 14.9. The monoisotopic (exact) mass is 330 g/mol. The van der Waals surface area contributed by atoms with E-state index in [2.05, 4.69) is 31.0 Å². The Morgan fingerprint density at radius 1 is 1.33 bits per heavy atom. The molecule has 24 heavy (non-hydrogen) atoms. The van der Waals surface area contributed by atoms with Crippen LogP contribution < -0.4 is 0 Å². The number of rotatable bonds is 4. The van der Waals surface area contributed by atoms with Crippen LogP contribution in [0.25, 0.3) is 0 Å². The molecular formula is C18H26N4O2. The lowest BCUT2D eigenvalue weighted by Gasteiger charge is -2.26. The summed E-state index contributed by atoms with van der Waals surface area (Å²) >= 11 is 0. The number of carbonyl (C=O) groups is 2. The number of hydrogen-bond donors (Lipinski definition) is 1. The number of nitrogens with one attached hydrogen (secondary N) is 1. The largest absolute Gasteiger partial charge is 0.340 e. The molecule has 1 N–H and O–H groups in total. The van der Waals surface area contributed by atoms with E-state index in [1.165, 1.54) is 0 Å². The Bertz CT molecular complexity index is 679. The first kappa shape index (κ1) is 15.7. The van der Waals surface area contributed by atoms with Crippen molar-refractivity contribution in [1.82, 2.24) is 20.0 Å². The number of hydrogen-bond acceptors (Lipinski definition) is 3. The maximum Gasteiger partial charge on any atom is 0.274 e. The van der Waals surface area contributed by atoms with Gasteiger partial charge in [0.2, 0.25) is 5.91 Å². The first-order chi connectivity index (χ1) is 11.3. The molecule has 3 fully saturated rings. The lowest BCUT2D eigenvalue weighted by molar-refractivity contribution is -0.134. The summed E-state index contributed by atoms with van der Waals surface area (Å²) in [6, 6.07) is 1.85. The third kappa shape index (κ3) is 2.34. The molecule has 2 saturated carbocycles. The Hall–Kier alpha value is -1.85. The van der Waals surface area contributed by atoms with Gasteiger partial charge >= 0.3 is 0 Å². The third-order valence-corrected chi connectivity index (χ3v) is 6.32. The highest BCUT2D eigenvalue weighted by Gasteiger charge is 2.62. The predicted molar refractivity (Wildman–Crippen MR) is 89.5 cm³/mol. The Morgan fingerprint density at radius 2 is 1.96 bits per heavy atom. The van der Waals surface area contributed by atoms with Crippen LogP contribution in [0.5, 0.6) is 0 Å². The van der Waals surface area contributed by atoms with Gasteiger partial charge in [-0.2, -0.15) is 5.10 Å². The lowest BCUT2D eigenvalue weighted by atomic mass is 10.1. The van der Waals surface area contributed by atoms with Gasteiger partial charge in [-0.15, -0.1) is 0 Å². The number of likely N-dealkylation sites (tertiary alicyclic amines) is 1. The molecular weight excluding hydrogens is 304 g/mol. The van der Waals surface area contributed by atoms with Crippen LogP contribution in [-0.2, 0) is 4.79 Å². The second-order valence-electron chi connectivity index (χ2n) is 8.32. The van der Waals surface area contributed by atoms with Crippen LogP contribution in [0.15, 0.2) is 6.07 Å². The molecule has 2 atom stereocenters. The lowest BCUT2D eigenvalue weighted by Crippen LogP contribution is -2.40. The van der Waals surface area contributed by atoms with Crippen molar-refractivity contribution in [1.29, 1.82) is 0 Å². The predicted octanol–water partition coefficient (Wildman–Crippen LogP) is 1.86. The molecule has 0 bridgehead atoms. The van der Waals surface area contributed by atoms with E-state index in [1.807, 2.05) is 22.9 Å². The van der Waals surface area contributed by atoms with Crippen molar-refractivity contribution in [3.05, 3.63) is 17.5 Å². The molecule has 1 aliphatic heterocycles. The number of piperidine rings is 1. The quantitative estimate of drug-likeness (QED) is 0.916. The topological polar surface area (TPSA) is 69.3 Å². The molecule has 1 aromatic heterocycles.